The summed E-state index contributed by atoms with van der Waals surface area (Å²) in [4.78, 5) is 16.8. The van der Waals surface area contributed by atoms with Crippen LogP contribution in [0.1, 0.15) is 12.0 Å². The van der Waals surface area contributed by atoms with E-state index in [0.717, 1.165) is 51.5 Å². The van der Waals surface area contributed by atoms with Gasteiger partial charge in [0.05, 0.1) is 13.0 Å². The number of piperazine rings is 1. The number of amides is 1. The Kier molecular flexibility index (Phi) is 5.34. The van der Waals surface area contributed by atoms with E-state index in [1.54, 1.807) is 0 Å². The van der Waals surface area contributed by atoms with E-state index in [0.29, 0.717) is 17.4 Å². The van der Waals surface area contributed by atoms with Crippen LogP contribution in [0.5, 0.6) is 0 Å². The second kappa shape index (κ2) is 7.44. The van der Waals surface area contributed by atoms with E-state index in [4.69, 9.17) is 16.3 Å². The Bertz CT molecular complexity index is 492. The summed E-state index contributed by atoms with van der Waals surface area (Å²) >= 11 is 5.87. The minimum atomic E-state index is 0.214. The highest BCUT2D eigenvalue weighted by molar-refractivity contribution is 6.30. The summed E-state index contributed by atoms with van der Waals surface area (Å²) < 4.78 is 5.43. The number of carbonyl (C=O) groups excluding carboxylic acids is 1. The molecule has 2 heterocycles. The van der Waals surface area contributed by atoms with Gasteiger partial charge in [-0.05, 0) is 30.0 Å². The van der Waals surface area contributed by atoms with Crippen LogP contribution in [0.15, 0.2) is 24.3 Å². The van der Waals surface area contributed by atoms with Crippen molar-refractivity contribution in [1.82, 2.24) is 9.80 Å². The molecule has 0 aliphatic carbocycles. The topological polar surface area (TPSA) is 32.8 Å². The summed E-state index contributed by atoms with van der Waals surface area (Å²) in [5.41, 5.74) is 1.03. The summed E-state index contributed by atoms with van der Waals surface area (Å²) in [6, 6.07) is 7.53. The van der Waals surface area contributed by atoms with Crippen LogP contribution in [-0.2, 0) is 16.0 Å². The summed E-state index contributed by atoms with van der Waals surface area (Å²) in [6.45, 7) is 6.53. The molecular formula is C17H23ClN2O2. The van der Waals surface area contributed by atoms with Crippen LogP contribution in [0.2, 0.25) is 5.02 Å². The minimum absolute atomic E-state index is 0.214. The van der Waals surface area contributed by atoms with Crippen molar-refractivity contribution in [2.75, 3.05) is 45.9 Å². The molecule has 0 aromatic heterocycles. The Morgan fingerprint density at radius 1 is 1.18 bits per heavy atom. The van der Waals surface area contributed by atoms with Crippen LogP contribution >= 0.6 is 11.6 Å². The van der Waals surface area contributed by atoms with Crippen molar-refractivity contribution in [3.63, 3.8) is 0 Å². The maximum atomic E-state index is 12.4. The van der Waals surface area contributed by atoms with Gasteiger partial charge in [0, 0.05) is 44.4 Å². The minimum Gasteiger partial charge on any atom is -0.381 e. The third-order valence-electron chi connectivity index (χ3n) is 4.53. The summed E-state index contributed by atoms with van der Waals surface area (Å²) in [7, 11) is 0. The van der Waals surface area contributed by atoms with Crippen LogP contribution in [0.25, 0.3) is 0 Å². The summed E-state index contributed by atoms with van der Waals surface area (Å²) in [6.07, 6.45) is 1.64. The van der Waals surface area contributed by atoms with Crippen LogP contribution in [0, 0.1) is 5.92 Å². The molecule has 1 aromatic carbocycles. The fraction of sp³-hybridized carbons (Fsp3) is 0.588. The van der Waals surface area contributed by atoms with Gasteiger partial charge < -0.3 is 9.64 Å². The Hall–Kier alpha value is -1.10. The molecule has 2 fully saturated rings. The smallest absolute Gasteiger partial charge is 0.227 e. The van der Waals surface area contributed by atoms with Gasteiger partial charge in [-0.15, -0.1) is 0 Å². The summed E-state index contributed by atoms with van der Waals surface area (Å²) in [5, 5.41) is 0.709. The van der Waals surface area contributed by atoms with E-state index in [1.165, 1.54) is 6.42 Å². The fourth-order valence-electron chi connectivity index (χ4n) is 3.16. The van der Waals surface area contributed by atoms with E-state index in [2.05, 4.69) is 4.90 Å². The van der Waals surface area contributed by atoms with Gasteiger partial charge in [0.25, 0.3) is 0 Å². The van der Waals surface area contributed by atoms with Gasteiger partial charge in [0.15, 0.2) is 0 Å². The Morgan fingerprint density at radius 2 is 1.91 bits per heavy atom. The number of benzene rings is 1. The van der Waals surface area contributed by atoms with E-state index >= 15 is 0 Å². The maximum absolute atomic E-state index is 12.4. The molecule has 0 saturated carbocycles. The third kappa shape index (κ3) is 4.22. The van der Waals surface area contributed by atoms with E-state index in [-0.39, 0.29) is 5.91 Å². The average Bonchev–Trinajstić information content (AvgIpc) is 3.03. The normalized spacial score (nSPS) is 23.0. The SMILES string of the molecule is O=C(Cc1ccc(Cl)cc1)N1CCN(C[C@@H]2CCOC2)CC1. The van der Waals surface area contributed by atoms with Crippen molar-refractivity contribution in [2.24, 2.45) is 5.92 Å². The number of rotatable bonds is 4. The predicted octanol–water partition coefficient (Wildman–Crippen LogP) is 2.06. The highest BCUT2D eigenvalue weighted by atomic mass is 35.5. The molecule has 4 nitrogen and oxygen atoms in total. The lowest BCUT2D eigenvalue weighted by Gasteiger charge is -2.35. The standard InChI is InChI=1S/C17H23ClN2O2/c18-16-3-1-14(2-4-16)11-17(21)20-8-6-19(7-9-20)12-15-5-10-22-13-15/h1-4,15H,5-13H2/t15-/m0/s1. The molecule has 0 radical (unpaired) electrons. The van der Waals surface area contributed by atoms with Crippen LogP contribution in [0.4, 0.5) is 0 Å². The molecule has 0 spiro atoms. The van der Waals surface area contributed by atoms with Gasteiger partial charge in [-0.1, -0.05) is 23.7 Å². The van der Waals surface area contributed by atoms with Gasteiger partial charge in [-0.3, -0.25) is 9.69 Å². The largest absolute Gasteiger partial charge is 0.381 e. The molecule has 1 aromatic rings. The van der Waals surface area contributed by atoms with Crippen molar-refractivity contribution < 1.29 is 9.53 Å². The van der Waals surface area contributed by atoms with Crippen LogP contribution in [0.3, 0.4) is 0 Å². The summed E-state index contributed by atoms with van der Waals surface area (Å²) in [5.74, 6) is 0.891. The Balaban J connectivity index is 1.44. The lowest BCUT2D eigenvalue weighted by molar-refractivity contribution is -0.132. The number of carbonyl (C=O) groups is 1. The van der Waals surface area contributed by atoms with Gasteiger partial charge in [-0.25, -0.2) is 0 Å². The molecule has 0 N–H and O–H groups in total. The number of ether oxygens (including phenoxy) is 1. The lowest BCUT2D eigenvalue weighted by Crippen LogP contribution is -2.50. The monoisotopic (exact) mass is 322 g/mol. The molecule has 0 bridgehead atoms. The average molecular weight is 323 g/mol. The first-order chi connectivity index (χ1) is 10.7. The highest BCUT2D eigenvalue weighted by Crippen LogP contribution is 2.16. The molecule has 2 saturated heterocycles. The quantitative estimate of drug-likeness (QED) is 0.850. The predicted molar refractivity (Wildman–Crippen MR) is 87.1 cm³/mol. The zero-order valence-corrected chi connectivity index (χ0v) is 13.6. The molecule has 1 amide bonds. The highest BCUT2D eigenvalue weighted by Gasteiger charge is 2.24. The van der Waals surface area contributed by atoms with E-state index in [1.807, 2.05) is 29.2 Å². The molecule has 1 atom stereocenters. The first kappa shape index (κ1) is 15.8. The first-order valence-electron chi connectivity index (χ1n) is 8.03. The van der Waals surface area contributed by atoms with Crippen molar-refractivity contribution in [3.8, 4) is 0 Å². The van der Waals surface area contributed by atoms with Crippen LogP contribution < -0.4 is 0 Å². The van der Waals surface area contributed by atoms with E-state index in [9.17, 15) is 4.79 Å². The number of halogens is 1. The molecule has 3 rings (SSSR count). The third-order valence-corrected chi connectivity index (χ3v) is 4.79. The number of nitrogens with zero attached hydrogens (tertiary/aromatic N) is 2. The molecule has 120 valence electrons. The first-order valence-corrected chi connectivity index (χ1v) is 8.41. The van der Waals surface area contributed by atoms with Gasteiger partial charge in [0.2, 0.25) is 5.91 Å². The fourth-order valence-corrected chi connectivity index (χ4v) is 3.29. The van der Waals surface area contributed by atoms with Gasteiger partial charge >= 0.3 is 0 Å². The van der Waals surface area contributed by atoms with Gasteiger partial charge in [-0.2, -0.15) is 0 Å². The van der Waals surface area contributed by atoms with Gasteiger partial charge in [0.1, 0.15) is 0 Å². The molecule has 2 aliphatic heterocycles. The number of hydrogen-bond donors (Lipinski definition) is 0. The Morgan fingerprint density at radius 3 is 2.55 bits per heavy atom. The molecule has 2 aliphatic rings. The zero-order chi connectivity index (χ0) is 15.4. The number of hydrogen-bond acceptors (Lipinski definition) is 3. The molecular weight excluding hydrogens is 300 g/mol. The Labute approximate surface area is 137 Å². The van der Waals surface area contributed by atoms with Crippen molar-refractivity contribution >= 4 is 17.5 Å². The van der Waals surface area contributed by atoms with Crippen LogP contribution in [-0.4, -0.2) is 61.6 Å². The molecule has 22 heavy (non-hydrogen) atoms. The molecule has 0 unspecified atom stereocenters. The van der Waals surface area contributed by atoms with Crippen molar-refractivity contribution in [1.29, 1.82) is 0 Å². The van der Waals surface area contributed by atoms with E-state index < -0.39 is 0 Å². The zero-order valence-electron chi connectivity index (χ0n) is 12.8. The molecule has 5 heteroatoms. The second-order valence-electron chi connectivity index (χ2n) is 6.21. The van der Waals surface area contributed by atoms with Crippen molar-refractivity contribution in [2.45, 2.75) is 12.8 Å². The second-order valence-corrected chi connectivity index (χ2v) is 6.65. The van der Waals surface area contributed by atoms with Crippen molar-refractivity contribution in [3.05, 3.63) is 34.9 Å². The maximum Gasteiger partial charge on any atom is 0.227 e. The lowest BCUT2D eigenvalue weighted by atomic mass is 10.1.